The quantitative estimate of drug-likeness (QED) is 0.442. The molecule has 0 rings (SSSR count). The van der Waals surface area contributed by atoms with Crippen LogP contribution in [0, 0.1) is 0 Å². The van der Waals surface area contributed by atoms with Gasteiger partial charge in [0.2, 0.25) is 0 Å². The van der Waals surface area contributed by atoms with Gasteiger partial charge in [0.15, 0.2) is 0 Å². The molecule has 6 heteroatoms. The number of hydrogen-bond donors (Lipinski definition) is 2. The molecule has 0 aliphatic heterocycles. The van der Waals surface area contributed by atoms with E-state index in [-0.39, 0.29) is 6.15 Å². The van der Waals surface area contributed by atoms with Gasteiger partial charge in [-0.1, -0.05) is 0 Å². The highest BCUT2D eigenvalue weighted by Crippen LogP contribution is 2.14. The van der Waals surface area contributed by atoms with Crippen LogP contribution in [0.15, 0.2) is 0 Å². The molecule has 85 valence electrons. The number of hydrogen-bond acceptors (Lipinski definition) is 4. The lowest BCUT2D eigenvalue weighted by atomic mass is 10.5. The first-order valence-electron chi connectivity index (χ1n) is 4.78. The molecule has 0 spiro atoms. The summed E-state index contributed by atoms with van der Waals surface area (Å²) in [4.78, 5) is 0. The van der Waals surface area contributed by atoms with Crippen molar-refractivity contribution in [3.05, 3.63) is 0 Å². The molecule has 0 aliphatic rings. The van der Waals surface area contributed by atoms with Gasteiger partial charge in [0.25, 0.3) is 0 Å². The molecule has 0 heterocycles. The third-order valence-corrected chi connectivity index (χ3v) is 4.96. The van der Waals surface area contributed by atoms with Crippen LogP contribution in [0.1, 0.15) is 12.8 Å². The van der Waals surface area contributed by atoms with Gasteiger partial charge in [0, 0.05) is 19.9 Å². The van der Waals surface area contributed by atoms with E-state index >= 15 is 0 Å². The van der Waals surface area contributed by atoms with E-state index in [9.17, 15) is 0 Å². The Bertz CT molecular complexity index is 129. The van der Waals surface area contributed by atoms with Crippen molar-refractivity contribution in [2.24, 2.45) is 11.5 Å². The van der Waals surface area contributed by atoms with Gasteiger partial charge < -0.3 is 20.3 Å². The Labute approximate surface area is 88.0 Å². The van der Waals surface area contributed by atoms with Crippen molar-refractivity contribution in [3.8, 4) is 0 Å². The Morgan fingerprint density at radius 2 is 1.71 bits per heavy atom. The summed E-state index contributed by atoms with van der Waals surface area (Å²) in [6.45, 7) is 4.15. The second-order valence-corrected chi connectivity index (χ2v) is 6.69. The van der Waals surface area contributed by atoms with E-state index in [2.05, 4.69) is 6.55 Å². The maximum Gasteiger partial charge on any atom is 0.334 e. The maximum absolute atomic E-state index is 5.70. The second-order valence-electron chi connectivity index (χ2n) is 3.22. The van der Waals surface area contributed by atoms with Crippen molar-refractivity contribution < 1.29 is 8.85 Å². The van der Waals surface area contributed by atoms with Crippen LogP contribution in [-0.2, 0) is 8.85 Å². The Kier molecular flexibility index (Phi) is 11.2. The Morgan fingerprint density at radius 1 is 1.14 bits per heavy atom. The van der Waals surface area contributed by atoms with E-state index in [0.29, 0.717) is 19.7 Å². The average Bonchev–Trinajstić information content (AvgIpc) is 2.15. The van der Waals surface area contributed by atoms with Crippen LogP contribution in [0.4, 0.5) is 0 Å². The molecule has 5 nitrogen and oxygen atoms in total. The van der Waals surface area contributed by atoms with Crippen molar-refractivity contribution in [3.63, 3.8) is 0 Å². The molecule has 14 heavy (non-hydrogen) atoms. The largest absolute Gasteiger partial charge is 0.398 e. The molecular weight excluding hydrogens is 198 g/mol. The topological polar surface area (TPSA) is 101 Å². The minimum Gasteiger partial charge on any atom is -0.398 e. The molecule has 0 saturated heterocycles. The molecule has 1 unspecified atom stereocenters. The van der Waals surface area contributed by atoms with Gasteiger partial charge in [-0.05, 0) is 38.5 Å². The fourth-order valence-electron chi connectivity index (χ4n) is 1.03. The minimum atomic E-state index is -1.92. The number of nitrogens with two attached hydrogens (primary N) is 2. The van der Waals surface area contributed by atoms with Crippen LogP contribution < -0.4 is 17.6 Å². The zero-order chi connectivity index (χ0) is 10.2. The molecule has 0 aromatic carbocycles. The van der Waals surface area contributed by atoms with Crippen molar-refractivity contribution in [1.82, 2.24) is 6.15 Å². The van der Waals surface area contributed by atoms with Crippen molar-refractivity contribution in [2.75, 3.05) is 26.8 Å². The van der Waals surface area contributed by atoms with Crippen LogP contribution in [0.5, 0.6) is 0 Å². The summed E-state index contributed by atoms with van der Waals surface area (Å²) in [6.07, 6.45) is 1.87. The third-order valence-electron chi connectivity index (χ3n) is 2.02. The van der Waals surface area contributed by atoms with Gasteiger partial charge in [-0.15, -0.1) is 0 Å². The van der Waals surface area contributed by atoms with Gasteiger partial charge in [-0.25, -0.2) is 0 Å². The normalized spacial score (nSPS) is 14.6. The predicted molar refractivity (Wildman–Crippen MR) is 58.9 cm³/mol. The maximum atomic E-state index is 5.70. The molecule has 0 bridgehead atoms. The van der Waals surface area contributed by atoms with E-state index in [0.717, 1.165) is 18.9 Å². The van der Waals surface area contributed by atoms with Gasteiger partial charge in [0.1, 0.15) is 0 Å². The van der Waals surface area contributed by atoms with E-state index in [4.69, 9.17) is 20.3 Å². The average molecular weight is 220 g/mol. The highest BCUT2D eigenvalue weighted by Gasteiger charge is 2.28. The second kappa shape index (κ2) is 9.57. The highest BCUT2D eigenvalue weighted by molar-refractivity contribution is 6.65. The molecule has 0 aliphatic carbocycles. The monoisotopic (exact) mass is 220 g/mol. The first-order valence-corrected chi connectivity index (χ1v) is 7.30. The molecule has 3 radical (unpaired) electrons. The van der Waals surface area contributed by atoms with Crippen molar-refractivity contribution in [1.29, 1.82) is 0 Å². The predicted octanol–water partition coefficient (Wildman–Crippen LogP) is -0.0616. The van der Waals surface area contributed by atoms with Crippen LogP contribution >= 0.6 is 0 Å². The van der Waals surface area contributed by atoms with Crippen LogP contribution in [0.2, 0.25) is 12.6 Å². The van der Waals surface area contributed by atoms with Crippen molar-refractivity contribution in [2.45, 2.75) is 25.4 Å². The zero-order valence-electron chi connectivity index (χ0n) is 9.16. The zero-order valence-corrected chi connectivity index (χ0v) is 10.2. The molecule has 0 fully saturated rings. The SMILES string of the molecule is CO[Si](C)(CCCN)OCCCN.[N]. The lowest BCUT2D eigenvalue weighted by Crippen LogP contribution is -2.38. The molecule has 0 aromatic heterocycles. The fraction of sp³-hybridized carbons (Fsp3) is 1.00. The lowest BCUT2D eigenvalue weighted by molar-refractivity contribution is 0.202. The summed E-state index contributed by atoms with van der Waals surface area (Å²) in [5.41, 5.74) is 10.8. The summed E-state index contributed by atoms with van der Waals surface area (Å²) in [5, 5.41) is 0. The van der Waals surface area contributed by atoms with Gasteiger partial charge in [-0.3, -0.25) is 0 Å². The lowest BCUT2D eigenvalue weighted by Gasteiger charge is -2.24. The molecular formula is C8H22N3O2Si. The summed E-state index contributed by atoms with van der Waals surface area (Å²) >= 11 is 0. The summed E-state index contributed by atoms with van der Waals surface area (Å²) in [7, 11) is -0.204. The van der Waals surface area contributed by atoms with E-state index in [1.165, 1.54) is 0 Å². The summed E-state index contributed by atoms with van der Waals surface area (Å²) in [5.74, 6) is 0. The Hall–Kier alpha value is 0.0169. The summed E-state index contributed by atoms with van der Waals surface area (Å²) < 4.78 is 11.1. The molecule has 0 amide bonds. The first kappa shape index (κ1) is 16.4. The van der Waals surface area contributed by atoms with Crippen molar-refractivity contribution >= 4 is 8.56 Å². The Balaban J connectivity index is 0. The fourth-order valence-corrected chi connectivity index (χ4v) is 2.92. The van der Waals surface area contributed by atoms with Crippen LogP contribution in [0.25, 0.3) is 0 Å². The molecule has 1 atom stereocenters. The van der Waals surface area contributed by atoms with Crippen LogP contribution in [0.3, 0.4) is 0 Å². The number of nitrogens with zero attached hydrogens (tertiary/aromatic N) is 1. The van der Waals surface area contributed by atoms with Gasteiger partial charge in [0.05, 0.1) is 0 Å². The third kappa shape index (κ3) is 7.42. The van der Waals surface area contributed by atoms with E-state index in [1.807, 2.05) is 0 Å². The molecule has 0 saturated carbocycles. The van der Waals surface area contributed by atoms with E-state index in [1.54, 1.807) is 7.11 Å². The first-order chi connectivity index (χ1) is 6.18. The summed E-state index contributed by atoms with van der Waals surface area (Å²) in [6, 6.07) is 0.963. The minimum absolute atomic E-state index is 0. The van der Waals surface area contributed by atoms with Gasteiger partial charge >= 0.3 is 8.56 Å². The standard InChI is InChI=1S/C8H22N2O2Si.N/c1-11-13(2,8-4-6-10)12-7-3-5-9;/h3-10H2,1-2H3;. The molecule has 4 N–H and O–H groups in total. The van der Waals surface area contributed by atoms with Gasteiger partial charge in [-0.2, -0.15) is 0 Å². The molecule has 0 aromatic rings. The van der Waals surface area contributed by atoms with Crippen LogP contribution in [-0.4, -0.2) is 35.4 Å². The van der Waals surface area contributed by atoms with E-state index < -0.39 is 8.56 Å². The smallest absolute Gasteiger partial charge is 0.334 e. The number of rotatable bonds is 8. The highest BCUT2D eigenvalue weighted by atomic mass is 28.4. The Morgan fingerprint density at radius 3 is 2.14 bits per heavy atom.